The summed E-state index contributed by atoms with van der Waals surface area (Å²) in [5.74, 6) is 0. The maximum Gasteiger partial charge on any atom is 0.0588 e. The number of rotatable bonds is 2. The van der Waals surface area contributed by atoms with Crippen molar-refractivity contribution >= 4 is 12.6 Å². The van der Waals surface area contributed by atoms with E-state index >= 15 is 0 Å². The number of benzene rings is 1. The van der Waals surface area contributed by atoms with E-state index in [0.717, 1.165) is 5.56 Å². The molecule has 10 heavy (non-hydrogen) atoms. The Morgan fingerprint density at radius 3 is 2.40 bits per heavy atom. The van der Waals surface area contributed by atoms with Gasteiger partial charge in [0.25, 0.3) is 0 Å². The van der Waals surface area contributed by atoms with Crippen molar-refractivity contribution in [3.8, 4) is 0 Å². The number of thiol groups is 1. The Bertz CT molecular complexity index is 186. The Kier molecular flexibility index (Phi) is 2.78. The third kappa shape index (κ3) is 1.75. The highest BCUT2D eigenvalue weighted by Crippen LogP contribution is 2.17. The standard InChI is InChI=1S/C8H10OS/c9-6-8(10)7-4-2-1-3-5-7/h1-5,8-10H,6H2. The fourth-order valence-electron chi connectivity index (χ4n) is 0.781. The van der Waals surface area contributed by atoms with Crippen LogP contribution < -0.4 is 0 Å². The molecule has 0 aromatic heterocycles. The summed E-state index contributed by atoms with van der Waals surface area (Å²) in [6, 6.07) is 9.73. The van der Waals surface area contributed by atoms with Crippen LogP contribution in [-0.2, 0) is 0 Å². The lowest BCUT2D eigenvalue weighted by atomic mass is 10.2. The summed E-state index contributed by atoms with van der Waals surface area (Å²) >= 11 is 4.17. The van der Waals surface area contributed by atoms with Gasteiger partial charge in [0.15, 0.2) is 0 Å². The van der Waals surface area contributed by atoms with Crippen molar-refractivity contribution in [2.75, 3.05) is 6.61 Å². The van der Waals surface area contributed by atoms with Gasteiger partial charge < -0.3 is 5.11 Å². The van der Waals surface area contributed by atoms with E-state index in [-0.39, 0.29) is 11.9 Å². The van der Waals surface area contributed by atoms with Crippen LogP contribution in [0.15, 0.2) is 30.3 Å². The summed E-state index contributed by atoms with van der Waals surface area (Å²) in [6.45, 7) is 0.0904. The summed E-state index contributed by atoms with van der Waals surface area (Å²) in [5, 5.41) is 8.67. The van der Waals surface area contributed by atoms with Crippen LogP contribution in [0.3, 0.4) is 0 Å². The SMILES string of the molecule is OCC(S)c1ccccc1. The molecule has 1 unspecified atom stereocenters. The van der Waals surface area contributed by atoms with Crippen LogP contribution in [0.1, 0.15) is 10.8 Å². The van der Waals surface area contributed by atoms with E-state index < -0.39 is 0 Å². The van der Waals surface area contributed by atoms with E-state index in [4.69, 9.17) is 5.11 Å². The van der Waals surface area contributed by atoms with Gasteiger partial charge in [0.05, 0.1) is 6.61 Å². The molecule has 0 bridgehead atoms. The van der Waals surface area contributed by atoms with Gasteiger partial charge in [-0.3, -0.25) is 0 Å². The molecule has 0 aliphatic heterocycles. The second kappa shape index (κ2) is 3.64. The van der Waals surface area contributed by atoms with Crippen LogP contribution in [0.2, 0.25) is 0 Å². The molecule has 1 N–H and O–H groups in total. The van der Waals surface area contributed by atoms with Crippen molar-refractivity contribution in [1.29, 1.82) is 0 Å². The van der Waals surface area contributed by atoms with E-state index in [2.05, 4.69) is 12.6 Å². The molecule has 1 aromatic rings. The molecule has 54 valence electrons. The van der Waals surface area contributed by atoms with Crippen LogP contribution in [0.25, 0.3) is 0 Å². The molecule has 0 saturated heterocycles. The van der Waals surface area contributed by atoms with Crippen LogP contribution in [0.5, 0.6) is 0 Å². The first-order valence-electron chi connectivity index (χ1n) is 3.18. The Morgan fingerprint density at radius 1 is 1.30 bits per heavy atom. The summed E-state index contributed by atoms with van der Waals surface area (Å²) < 4.78 is 0. The first-order valence-corrected chi connectivity index (χ1v) is 3.70. The monoisotopic (exact) mass is 154 g/mol. The average Bonchev–Trinajstić information content (AvgIpc) is 2.05. The van der Waals surface area contributed by atoms with Crippen LogP contribution in [0, 0.1) is 0 Å². The highest BCUT2D eigenvalue weighted by Gasteiger charge is 2.01. The van der Waals surface area contributed by atoms with Gasteiger partial charge in [0.1, 0.15) is 0 Å². The molecule has 1 rings (SSSR count). The quantitative estimate of drug-likeness (QED) is 0.621. The minimum absolute atomic E-state index is 0.0406. The van der Waals surface area contributed by atoms with Gasteiger partial charge in [-0.25, -0.2) is 0 Å². The topological polar surface area (TPSA) is 20.2 Å². The molecule has 2 heteroatoms. The second-order valence-corrected chi connectivity index (χ2v) is 2.73. The third-order valence-electron chi connectivity index (χ3n) is 1.36. The number of hydrogen-bond acceptors (Lipinski definition) is 2. The molecular formula is C8H10OS. The summed E-state index contributed by atoms with van der Waals surface area (Å²) in [5.41, 5.74) is 1.06. The van der Waals surface area contributed by atoms with Crippen molar-refractivity contribution in [3.63, 3.8) is 0 Å². The first-order chi connectivity index (χ1) is 4.84. The third-order valence-corrected chi connectivity index (χ3v) is 1.82. The largest absolute Gasteiger partial charge is 0.395 e. The maximum atomic E-state index is 8.71. The zero-order valence-corrected chi connectivity index (χ0v) is 6.46. The van der Waals surface area contributed by atoms with Gasteiger partial charge in [-0.05, 0) is 5.56 Å². The Hall–Kier alpha value is -0.470. The van der Waals surface area contributed by atoms with Gasteiger partial charge in [0.2, 0.25) is 0 Å². The van der Waals surface area contributed by atoms with Crippen LogP contribution in [-0.4, -0.2) is 11.7 Å². The Labute approximate surface area is 66.1 Å². The average molecular weight is 154 g/mol. The molecule has 1 atom stereocenters. The lowest BCUT2D eigenvalue weighted by Crippen LogP contribution is -1.94. The lowest BCUT2D eigenvalue weighted by Gasteiger charge is -2.05. The van der Waals surface area contributed by atoms with Gasteiger partial charge in [-0.15, -0.1) is 0 Å². The fourth-order valence-corrected chi connectivity index (χ4v) is 0.953. The second-order valence-electron chi connectivity index (χ2n) is 2.11. The Balaban J connectivity index is 2.75. The first kappa shape index (κ1) is 7.63. The zero-order valence-electron chi connectivity index (χ0n) is 5.57. The van der Waals surface area contributed by atoms with Gasteiger partial charge in [-0.2, -0.15) is 12.6 Å². The van der Waals surface area contributed by atoms with E-state index in [1.807, 2.05) is 30.3 Å². The normalized spacial score (nSPS) is 13.0. The fraction of sp³-hybridized carbons (Fsp3) is 0.250. The van der Waals surface area contributed by atoms with Gasteiger partial charge in [-0.1, -0.05) is 30.3 Å². The van der Waals surface area contributed by atoms with E-state index in [9.17, 15) is 0 Å². The molecule has 1 aromatic carbocycles. The van der Waals surface area contributed by atoms with Crippen molar-refractivity contribution in [2.45, 2.75) is 5.25 Å². The lowest BCUT2D eigenvalue weighted by molar-refractivity contribution is 0.297. The minimum Gasteiger partial charge on any atom is -0.395 e. The maximum absolute atomic E-state index is 8.71. The highest BCUT2D eigenvalue weighted by atomic mass is 32.1. The molecule has 0 heterocycles. The zero-order chi connectivity index (χ0) is 7.40. The van der Waals surface area contributed by atoms with E-state index in [1.54, 1.807) is 0 Å². The number of hydrogen-bond donors (Lipinski definition) is 2. The molecule has 0 amide bonds. The van der Waals surface area contributed by atoms with Crippen LogP contribution >= 0.6 is 12.6 Å². The summed E-state index contributed by atoms with van der Waals surface area (Å²) in [6.07, 6.45) is 0. The van der Waals surface area contributed by atoms with Crippen molar-refractivity contribution < 1.29 is 5.11 Å². The summed E-state index contributed by atoms with van der Waals surface area (Å²) in [7, 11) is 0. The number of aliphatic hydroxyl groups excluding tert-OH is 1. The van der Waals surface area contributed by atoms with E-state index in [1.165, 1.54) is 0 Å². The molecule has 0 radical (unpaired) electrons. The molecule has 0 aliphatic rings. The van der Waals surface area contributed by atoms with Gasteiger partial charge in [0, 0.05) is 5.25 Å². The molecule has 0 saturated carbocycles. The molecule has 0 fully saturated rings. The van der Waals surface area contributed by atoms with E-state index in [0.29, 0.717) is 0 Å². The molecule has 1 nitrogen and oxygen atoms in total. The summed E-state index contributed by atoms with van der Waals surface area (Å²) in [4.78, 5) is 0. The minimum atomic E-state index is -0.0406. The van der Waals surface area contributed by atoms with Gasteiger partial charge >= 0.3 is 0 Å². The van der Waals surface area contributed by atoms with Crippen molar-refractivity contribution in [3.05, 3.63) is 35.9 Å². The number of aliphatic hydroxyl groups is 1. The highest BCUT2D eigenvalue weighted by molar-refractivity contribution is 7.80. The smallest absolute Gasteiger partial charge is 0.0588 e. The molecule has 0 aliphatic carbocycles. The Morgan fingerprint density at radius 2 is 1.90 bits per heavy atom. The van der Waals surface area contributed by atoms with Crippen molar-refractivity contribution in [2.24, 2.45) is 0 Å². The van der Waals surface area contributed by atoms with Crippen LogP contribution in [0.4, 0.5) is 0 Å². The predicted octanol–water partition coefficient (Wildman–Crippen LogP) is 1.65. The molecular weight excluding hydrogens is 144 g/mol. The molecule has 0 spiro atoms. The van der Waals surface area contributed by atoms with Crippen molar-refractivity contribution in [1.82, 2.24) is 0 Å². The predicted molar refractivity (Wildman–Crippen MR) is 45.3 cm³/mol.